The van der Waals surface area contributed by atoms with Crippen LogP contribution in [0.1, 0.15) is 64.8 Å². The number of hydrogen-bond donors (Lipinski definition) is 1. The van der Waals surface area contributed by atoms with Crippen LogP contribution >= 0.6 is 23.1 Å². The molecule has 1 N–H and O–H groups in total. The minimum absolute atomic E-state index is 0.0128. The maximum Gasteiger partial charge on any atom is 0.414 e. The molecule has 0 aliphatic carbocycles. The number of benzene rings is 4. The second-order valence-electron chi connectivity index (χ2n) is 13.7. The molecule has 0 bridgehead atoms. The Morgan fingerprint density at radius 1 is 0.882 bits per heavy atom. The molecule has 1 aliphatic heterocycles. The third kappa shape index (κ3) is 8.72. The summed E-state index contributed by atoms with van der Waals surface area (Å²) in [6, 6.07) is 37.7. The molecule has 51 heavy (non-hydrogen) atoms. The normalized spacial score (nSPS) is 16.1. The van der Waals surface area contributed by atoms with Gasteiger partial charge in [0.2, 0.25) is 0 Å². The second kappa shape index (κ2) is 16.3. The Hall–Kier alpha value is -4.44. The van der Waals surface area contributed by atoms with E-state index in [-0.39, 0.29) is 11.3 Å². The van der Waals surface area contributed by atoms with Gasteiger partial charge in [-0.2, -0.15) is 0 Å². The first-order valence-corrected chi connectivity index (χ1v) is 19.1. The quantitative estimate of drug-likeness (QED) is 0.102. The lowest BCUT2D eigenvalue weighted by Crippen LogP contribution is -2.44. The Morgan fingerprint density at radius 2 is 1.49 bits per heavy atom. The summed E-state index contributed by atoms with van der Waals surface area (Å²) in [7, 11) is 1.38. The summed E-state index contributed by atoms with van der Waals surface area (Å²) in [6.45, 7) is 6.74. The fourth-order valence-corrected chi connectivity index (χ4v) is 9.12. The number of thioether (sulfide) groups is 1. The fourth-order valence-electron chi connectivity index (χ4n) is 6.67. The van der Waals surface area contributed by atoms with Gasteiger partial charge in [0.05, 0.1) is 22.4 Å². The van der Waals surface area contributed by atoms with Gasteiger partial charge >= 0.3 is 12.1 Å². The molecule has 4 aromatic carbocycles. The van der Waals surface area contributed by atoms with Gasteiger partial charge in [-0.05, 0) is 68.0 Å². The molecular weight excluding hydrogens is 675 g/mol. The van der Waals surface area contributed by atoms with Gasteiger partial charge in [0.15, 0.2) is 0 Å². The highest BCUT2D eigenvalue weighted by molar-refractivity contribution is 8.01. The number of esters is 1. The first-order chi connectivity index (χ1) is 24.7. The lowest BCUT2D eigenvalue weighted by Gasteiger charge is -2.37. The average molecular weight is 720 g/mol. The van der Waals surface area contributed by atoms with Gasteiger partial charge in [-0.25, -0.2) is 14.6 Å². The number of rotatable bonds is 12. The number of aryl methyl sites for hydroxylation is 2. The summed E-state index contributed by atoms with van der Waals surface area (Å²) in [6.07, 6.45) is 3.49. The van der Waals surface area contributed by atoms with Crippen LogP contribution in [0.15, 0.2) is 121 Å². The highest BCUT2D eigenvalue weighted by Gasteiger charge is 2.42. The van der Waals surface area contributed by atoms with Crippen molar-refractivity contribution in [2.45, 2.75) is 61.7 Å². The SMILES string of the molecule is COC(=O)c1cc(N(C[C@@H]2C[C@H](SC(c3ccccc3)(c3ccccc3)c3ccccc3)CN2)C(=O)OC(C)(C)C)ccc1CCc1nccs1. The summed E-state index contributed by atoms with van der Waals surface area (Å²) >= 11 is 3.55. The van der Waals surface area contributed by atoms with Crippen molar-refractivity contribution in [3.05, 3.63) is 154 Å². The number of anilines is 1. The van der Waals surface area contributed by atoms with Crippen LogP contribution < -0.4 is 10.2 Å². The number of nitrogens with zero attached hydrogens (tertiary/aromatic N) is 2. The summed E-state index contributed by atoms with van der Waals surface area (Å²) in [4.78, 5) is 33.0. The molecule has 2 heterocycles. The zero-order valence-electron chi connectivity index (χ0n) is 29.6. The molecule has 1 amide bonds. The van der Waals surface area contributed by atoms with Crippen molar-refractivity contribution >= 4 is 40.8 Å². The Morgan fingerprint density at radius 3 is 2.02 bits per heavy atom. The maximum absolute atomic E-state index is 13.9. The minimum atomic E-state index is -0.698. The van der Waals surface area contributed by atoms with Crippen molar-refractivity contribution in [3.63, 3.8) is 0 Å². The second-order valence-corrected chi connectivity index (χ2v) is 16.2. The number of hydrogen-bond acceptors (Lipinski definition) is 8. The molecule has 0 saturated carbocycles. The van der Waals surface area contributed by atoms with Gasteiger partial charge in [-0.3, -0.25) is 4.90 Å². The van der Waals surface area contributed by atoms with Crippen molar-refractivity contribution in [1.29, 1.82) is 0 Å². The Labute approximate surface area is 309 Å². The van der Waals surface area contributed by atoms with Crippen LogP contribution in [-0.4, -0.2) is 54.1 Å². The fraction of sp³-hybridized carbons (Fsp3) is 0.310. The van der Waals surface area contributed by atoms with Crippen LogP contribution in [0.3, 0.4) is 0 Å². The molecule has 0 radical (unpaired) electrons. The third-order valence-electron chi connectivity index (χ3n) is 8.98. The molecule has 1 fully saturated rings. The van der Waals surface area contributed by atoms with Gasteiger partial charge in [-0.1, -0.05) is 97.1 Å². The molecule has 1 aliphatic rings. The Kier molecular flexibility index (Phi) is 11.6. The van der Waals surface area contributed by atoms with E-state index in [0.717, 1.165) is 23.5 Å². The van der Waals surface area contributed by atoms with Gasteiger partial charge in [0.1, 0.15) is 5.60 Å². The number of carbonyl (C=O) groups excluding carboxylic acids is 2. The van der Waals surface area contributed by atoms with E-state index in [1.54, 1.807) is 28.5 Å². The van der Waals surface area contributed by atoms with E-state index in [1.807, 2.05) is 50.0 Å². The standard InChI is InChI=1S/C42H45N3O4S2/c1-41(2,3)49-40(47)45(35-22-20-30(37(27-35)39(46)48-4)21-23-38-43-24-25-50-38)29-34-26-36(28-44-34)51-42(31-14-8-5-9-15-31,32-16-10-6-11-17-32)33-18-12-7-13-19-33/h5-20,22,24-25,27,34,36,44H,21,23,26,28-29H2,1-4H3/t34-,36-/m0/s1. The molecule has 7 nitrogen and oxygen atoms in total. The minimum Gasteiger partial charge on any atom is -0.465 e. The molecule has 6 rings (SSSR count). The maximum atomic E-state index is 13.9. The van der Waals surface area contributed by atoms with Crippen LogP contribution in [0.2, 0.25) is 0 Å². The van der Waals surface area contributed by atoms with Crippen LogP contribution in [0.4, 0.5) is 10.5 Å². The van der Waals surface area contributed by atoms with E-state index in [0.29, 0.717) is 30.6 Å². The summed E-state index contributed by atoms with van der Waals surface area (Å²) in [5, 5.41) is 6.91. The first kappa shape index (κ1) is 36.4. The monoisotopic (exact) mass is 719 g/mol. The van der Waals surface area contributed by atoms with Crippen LogP contribution in [0.25, 0.3) is 0 Å². The number of aromatic nitrogens is 1. The topological polar surface area (TPSA) is 80.8 Å². The summed E-state index contributed by atoms with van der Waals surface area (Å²) in [5.41, 5.74) is 4.83. The molecule has 2 atom stereocenters. The number of thiazole rings is 1. The van der Waals surface area contributed by atoms with Crippen molar-refractivity contribution in [1.82, 2.24) is 10.3 Å². The van der Waals surface area contributed by atoms with E-state index in [9.17, 15) is 9.59 Å². The predicted molar refractivity (Wildman–Crippen MR) is 208 cm³/mol. The van der Waals surface area contributed by atoms with Gasteiger partial charge in [-0.15, -0.1) is 23.1 Å². The predicted octanol–water partition coefficient (Wildman–Crippen LogP) is 8.91. The third-order valence-corrected chi connectivity index (χ3v) is 11.6. The van der Waals surface area contributed by atoms with Crippen LogP contribution in [0, 0.1) is 0 Å². The van der Waals surface area contributed by atoms with E-state index in [2.05, 4.69) is 101 Å². The van der Waals surface area contributed by atoms with E-state index in [1.165, 1.54) is 23.8 Å². The zero-order valence-corrected chi connectivity index (χ0v) is 31.2. The van der Waals surface area contributed by atoms with Gasteiger partial charge in [0.25, 0.3) is 0 Å². The number of amides is 1. The number of carbonyl (C=O) groups is 2. The zero-order chi connectivity index (χ0) is 35.8. The highest BCUT2D eigenvalue weighted by Crippen LogP contribution is 2.51. The molecule has 0 spiro atoms. The molecule has 0 unspecified atom stereocenters. The van der Waals surface area contributed by atoms with Gasteiger partial charge in [0, 0.05) is 48.1 Å². The molecule has 5 aromatic rings. The van der Waals surface area contributed by atoms with E-state index < -0.39 is 22.4 Å². The highest BCUT2D eigenvalue weighted by atomic mass is 32.2. The largest absolute Gasteiger partial charge is 0.465 e. The molecule has 1 saturated heterocycles. The first-order valence-electron chi connectivity index (χ1n) is 17.3. The molecular formula is C42H45N3O4S2. The van der Waals surface area contributed by atoms with Crippen molar-refractivity contribution in [2.24, 2.45) is 0 Å². The average Bonchev–Trinajstić information content (AvgIpc) is 3.84. The van der Waals surface area contributed by atoms with Crippen LogP contribution in [0.5, 0.6) is 0 Å². The molecule has 9 heteroatoms. The van der Waals surface area contributed by atoms with E-state index in [4.69, 9.17) is 9.47 Å². The lowest BCUT2D eigenvalue weighted by atomic mass is 9.84. The lowest BCUT2D eigenvalue weighted by molar-refractivity contribution is 0.0570. The Balaban J connectivity index is 1.29. The van der Waals surface area contributed by atoms with Crippen molar-refractivity contribution in [3.8, 4) is 0 Å². The summed E-state index contributed by atoms with van der Waals surface area (Å²) in [5.74, 6) is -0.440. The number of nitrogens with one attached hydrogen (secondary N) is 1. The van der Waals surface area contributed by atoms with Gasteiger partial charge < -0.3 is 14.8 Å². The van der Waals surface area contributed by atoms with Crippen molar-refractivity contribution in [2.75, 3.05) is 25.1 Å². The molecule has 1 aromatic heterocycles. The van der Waals surface area contributed by atoms with E-state index >= 15 is 0 Å². The van der Waals surface area contributed by atoms with Crippen molar-refractivity contribution < 1.29 is 19.1 Å². The molecule has 264 valence electrons. The number of ether oxygens (including phenoxy) is 2. The Bertz CT molecular complexity index is 1780. The number of methoxy groups -OCH3 is 1. The van der Waals surface area contributed by atoms with Crippen LogP contribution in [-0.2, 0) is 27.1 Å². The summed E-state index contributed by atoms with van der Waals surface area (Å²) < 4.78 is 10.7. The smallest absolute Gasteiger partial charge is 0.414 e.